The maximum absolute atomic E-state index is 13.8. The van der Waals surface area contributed by atoms with Gasteiger partial charge in [0, 0.05) is 13.3 Å². The zero-order valence-electron chi connectivity index (χ0n) is 20.0. The van der Waals surface area contributed by atoms with E-state index < -0.39 is 52.0 Å². The fourth-order valence-corrected chi connectivity index (χ4v) is 5.52. The molecule has 2 N–H and O–H groups in total. The van der Waals surface area contributed by atoms with Gasteiger partial charge in [0.2, 0.25) is 5.91 Å². The van der Waals surface area contributed by atoms with Gasteiger partial charge in [0.25, 0.3) is 5.91 Å². The van der Waals surface area contributed by atoms with Gasteiger partial charge in [-0.2, -0.15) is 18.4 Å². The van der Waals surface area contributed by atoms with E-state index in [1.807, 2.05) is 6.07 Å². The lowest BCUT2D eigenvalue weighted by molar-refractivity contribution is -0.137. The van der Waals surface area contributed by atoms with E-state index in [1.54, 1.807) is 0 Å². The number of sulfone groups is 1. The summed E-state index contributed by atoms with van der Waals surface area (Å²) in [6.45, 7) is -0.961. The lowest BCUT2D eigenvalue weighted by Crippen LogP contribution is -2.53. The molecule has 4 amide bonds. The number of primary amides is 1. The number of carbonyl (C=O) groups excluding carboxylic acids is 3. The summed E-state index contributed by atoms with van der Waals surface area (Å²) < 4.78 is 65.7. The van der Waals surface area contributed by atoms with Crippen molar-refractivity contribution < 1.29 is 36.0 Å². The van der Waals surface area contributed by atoms with E-state index in [0.717, 1.165) is 40.3 Å². The van der Waals surface area contributed by atoms with Crippen molar-refractivity contribution in [2.75, 3.05) is 31.3 Å². The smallest absolute Gasteiger partial charge is 0.368 e. The van der Waals surface area contributed by atoms with Crippen molar-refractivity contribution in [1.82, 2.24) is 9.80 Å². The zero-order chi connectivity index (χ0) is 28.2. The summed E-state index contributed by atoms with van der Waals surface area (Å²) in [6, 6.07) is 6.93. The van der Waals surface area contributed by atoms with Gasteiger partial charge in [0.1, 0.15) is 6.54 Å². The van der Waals surface area contributed by atoms with Crippen LogP contribution in [0.25, 0.3) is 0 Å². The Kier molecular flexibility index (Phi) is 6.44. The highest BCUT2D eigenvalue weighted by Crippen LogP contribution is 2.45. The van der Waals surface area contributed by atoms with Crippen LogP contribution in [0.4, 0.5) is 23.7 Å². The van der Waals surface area contributed by atoms with Crippen LogP contribution in [-0.4, -0.2) is 62.5 Å². The fourth-order valence-electron chi connectivity index (χ4n) is 4.58. The molecule has 0 aliphatic carbocycles. The molecule has 14 heteroatoms. The Hall–Kier alpha value is -4.38. The third-order valence-corrected chi connectivity index (χ3v) is 7.31. The third kappa shape index (κ3) is 4.56. The summed E-state index contributed by atoms with van der Waals surface area (Å²) in [5, 5.41) is 9.28. The van der Waals surface area contributed by atoms with Gasteiger partial charge < -0.3 is 15.5 Å². The highest BCUT2D eigenvalue weighted by molar-refractivity contribution is 7.90. The van der Waals surface area contributed by atoms with Crippen molar-refractivity contribution >= 4 is 33.4 Å². The number of carbonyl (C=O) groups is 3. The SMILES string of the molecule is CN1CC2=C(C1=O)C(c1ccc(C#N)cc1S(C)(=O)=O)N(CC(N)=O)C(=O)N2c1cccc(C(F)(F)F)c1. The fraction of sp³-hybridized carbons (Fsp3) is 0.250. The minimum atomic E-state index is -4.73. The second-order valence-corrected chi connectivity index (χ2v) is 10.8. The Morgan fingerprint density at radius 3 is 2.45 bits per heavy atom. The summed E-state index contributed by atoms with van der Waals surface area (Å²) >= 11 is 0. The number of benzene rings is 2. The van der Waals surface area contributed by atoms with Gasteiger partial charge in [-0.25, -0.2) is 13.2 Å². The Bertz CT molecular complexity index is 1560. The van der Waals surface area contributed by atoms with Gasteiger partial charge in [-0.15, -0.1) is 0 Å². The number of nitrogens with two attached hydrogens (primary N) is 1. The molecule has 2 aromatic rings. The summed E-state index contributed by atoms with van der Waals surface area (Å²) in [4.78, 5) is 41.8. The minimum Gasteiger partial charge on any atom is -0.368 e. The molecule has 2 aromatic carbocycles. The molecule has 0 saturated heterocycles. The molecule has 1 unspecified atom stereocenters. The van der Waals surface area contributed by atoms with E-state index in [2.05, 4.69) is 0 Å². The molecule has 198 valence electrons. The van der Waals surface area contributed by atoms with Crippen molar-refractivity contribution in [3.05, 3.63) is 70.4 Å². The minimum absolute atomic E-state index is 0.00701. The number of urea groups is 1. The molecule has 4 rings (SSSR count). The second kappa shape index (κ2) is 9.18. The van der Waals surface area contributed by atoms with Crippen LogP contribution in [0.3, 0.4) is 0 Å². The molecular formula is C24H20F3N5O5S. The van der Waals surface area contributed by atoms with Crippen molar-refractivity contribution in [1.29, 1.82) is 5.26 Å². The predicted octanol–water partition coefficient (Wildman–Crippen LogP) is 2.18. The molecule has 1 atom stereocenters. The first-order valence-electron chi connectivity index (χ1n) is 10.9. The van der Waals surface area contributed by atoms with Gasteiger partial charge in [-0.1, -0.05) is 12.1 Å². The number of likely N-dealkylation sites (N-methyl/N-ethyl adjacent to an activating group) is 1. The Morgan fingerprint density at radius 2 is 1.87 bits per heavy atom. The van der Waals surface area contributed by atoms with Crippen LogP contribution >= 0.6 is 0 Å². The molecule has 0 spiro atoms. The van der Waals surface area contributed by atoms with Crippen molar-refractivity contribution in [3.8, 4) is 6.07 Å². The lowest BCUT2D eigenvalue weighted by atomic mass is 9.92. The first-order valence-corrected chi connectivity index (χ1v) is 12.8. The maximum Gasteiger partial charge on any atom is 0.416 e. The van der Waals surface area contributed by atoms with Gasteiger partial charge in [-0.05, 0) is 35.9 Å². The third-order valence-electron chi connectivity index (χ3n) is 6.16. The summed E-state index contributed by atoms with van der Waals surface area (Å²) in [7, 11) is -2.62. The first-order chi connectivity index (χ1) is 17.6. The van der Waals surface area contributed by atoms with Crippen molar-refractivity contribution in [3.63, 3.8) is 0 Å². The molecule has 0 aromatic heterocycles. The topological polar surface area (TPSA) is 145 Å². The lowest BCUT2D eigenvalue weighted by Gasteiger charge is -2.41. The number of rotatable bonds is 5. The summed E-state index contributed by atoms with van der Waals surface area (Å²) in [6.07, 6.45) is -3.85. The van der Waals surface area contributed by atoms with E-state index in [0.29, 0.717) is 0 Å². The van der Waals surface area contributed by atoms with E-state index in [-0.39, 0.29) is 39.5 Å². The number of amides is 4. The molecule has 0 radical (unpaired) electrons. The van der Waals surface area contributed by atoms with Crippen molar-refractivity contribution in [2.24, 2.45) is 5.73 Å². The monoisotopic (exact) mass is 547 g/mol. The Labute approximate surface area is 215 Å². The van der Waals surface area contributed by atoms with Crippen LogP contribution in [-0.2, 0) is 25.6 Å². The van der Waals surface area contributed by atoms with Crippen LogP contribution in [0.5, 0.6) is 0 Å². The van der Waals surface area contributed by atoms with Crippen LogP contribution in [0.15, 0.2) is 58.6 Å². The molecule has 2 heterocycles. The van der Waals surface area contributed by atoms with Gasteiger partial charge in [0.15, 0.2) is 9.84 Å². The normalized spacial score (nSPS) is 18.1. The molecule has 2 aliphatic heterocycles. The van der Waals surface area contributed by atoms with E-state index >= 15 is 0 Å². The van der Waals surface area contributed by atoms with Crippen LogP contribution < -0.4 is 10.6 Å². The standard InChI is InChI=1S/C24H20F3N5O5S/c1-30-11-17-20(22(30)34)21(16-7-6-13(10-28)8-18(16)38(2,36)37)31(12-19(29)33)23(35)32(17)15-5-3-4-14(9-15)24(25,26)27/h3-9,21H,11-12H2,1-2H3,(H2,29,33). The van der Waals surface area contributed by atoms with E-state index in [9.17, 15) is 41.2 Å². The average molecular weight is 548 g/mol. The van der Waals surface area contributed by atoms with E-state index in [1.165, 1.54) is 30.1 Å². The molecule has 38 heavy (non-hydrogen) atoms. The first kappa shape index (κ1) is 26.7. The van der Waals surface area contributed by atoms with Gasteiger partial charge in [0.05, 0.1) is 51.6 Å². The predicted molar refractivity (Wildman–Crippen MR) is 127 cm³/mol. The summed E-state index contributed by atoms with van der Waals surface area (Å²) in [5.74, 6) is -1.64. The summed E-state index contributed by atoms with van der Waals surface area (Å²) in [5.41, 5.74) is 3.97. The van der Waals surface area contributed by atoms with E-state index in [4.69, 9.17) is 5.73 Å². The number of hydrogen-bond donors (Lipinski definition) is 1. The highest BCUT2D eigenvalue weighted by atomic mass is 32.2. The van der Waals surface area contributed by atoms with Crippen LogP contribution in [0.1, 0.15) is 22.7 Å². The molecular weight excluding hydrogens is 527 g/mol. The molecule has 0 bridgehead atoms. The molecule has 2 aliphatic rings. The largest absolute Gasteiger partial charge is 0.416 e. The number of halogens is 3. The van der Waals surface area contributed by atoms with Crippen molar-refractivity contribution in [2.45, 2.75) is 17.1 Å². The van der Waals surface area contributed by atoms with Crippen LogP contribution in [0, 0.1) is 11.3 Å². The second-order valence-electron chi connectivity index (χ2n) is 8.82. The Morgan fingerprint density at radius 1 is 1.18 bits per heavy atom. The number of nitriles is 1. The quantitative estimate of drug-likeness (QED) is 0.608. The maximum atomic E-state index is 13.8. The number of nitrogens with zero attached hydrogens (tertiary/aromatic N) is 4. The molecule has 0 fully saturated rings. The van der Waals surface area contributed by atoms with Gasteiger partial charge in [-0.3, -0.25) is 14.5 Å². The number of hydrogen-bond acceptors (Lipinski definition) is 6. The van der Waals surface area contributed by atoms with Crippen LogP contribution in [0.2, 0.25) is 0 Å². The molecule has 0 saturated carbocycles. The highest BCUT2D eigenvalue weighted by Gasteiger charge is 2.49. The molecule has 10 nitrogen and oxygen atoms in total. The number of alkyl halides is 3. The Balaban J connectivity index is 2.04. The zero-order valence-corrected chi connectivity index (χ0v) is 20.8. The average Bonchev–Trinajstić information content (AvgIpc) is 3.11. The number of anilines is 1. The van der Waals surface area contributed by atoms with Gasteiger partial charge >= 0.3 is 12.2 Å².